The number of nitrogens with zero attached hydrogens (tertiary/aromatic N) is 6. The van der Waals surface area contributed by atoms with E-state index in [1.165, 1.54) is 12.6 Å². The second-order valence-corrected chi connectivity index (χ2v) is 7.42. The molecule has 1 aliphatic heterocycles. The number of aromatic nitrogens is 4. The zero-order valence-electron chi connectivity index (χ0n) is 16.1. The number of hydrogen-bond acceptors (Lipinski definition) is 7. The van der Waals surface area contributed by atoms with Crippen LogP contribution in [0, 0.1) is 0 Å². The number of anilines is 1. The average Bonchev–Trinajstić information content (AvgIpc) is 2.76. The van der Waals surface area contributed by atoms with Crippen LogP contribution in [0.3, 0.4) is 0 Å². The number of carbonyl (C=O) groups excluding carboxylic acids is 1. The largest absolute Gasteiger partial charge is 0.474 e. The molecule has 0 N–H and O–H groups in total. The minimum absolute atomic E-state index is 0.0687. The molecular formula is C21H22N6O2. The van der Waals surface area contributed by atoms with Crippen molar-refractivity contribution in [2.45, 2.75) is 25.4 Å². The lowest BCUT2D eigenvalue weighted by atomic mass is 9.96. The number of ether oxygens (including phenoxy) is 1. The standard InChI is InChI=1S/C21H22N6O2/c28-21(19-13-22-6-7-23-19)27-10-8-26(9-11-27)15-4-5-18-17(12-15)20(25-14-24-18)29-16-2-1-3-16/h4-7,12-14,16H,1-3,8-11H2. The number of benzene rings is 1. The van der Waals surface area contributed by atoms with Crippen molar-refractivity contribution in [2.75, 3.05) is 31.1 Å². The Labute approximate surface area is 168 Å². The van der Waals surface area contributed by atoms with Gasteiger partial charge in [-0.1, -0.05) is 0 Å². The normalized spacial score (nSPS) is 17.2. The molecule has 0 atom stereocenters. The number of fused-ring (bicyclic) bond motifs is 1. The van der Waals surface area contributed by atoms with E-state index < -0.39 is 0 Å². The van der Waals surface area contributed by atoms with Crippen LogP contribution in [0.25, 0.3) is 10.9 Å². The van der Waals surface area contributed by atoms with Crippen LogP contribution in [0.2, 0.25) is 0 Å². The molecule has 8 nitrogen and oxygen atoms in total. The molecule has 0 unspecified atom stereocenters. The molecule has 0 spiro atoms. The summed E-state index contributed by atoms with van der Waals surface area (Å²) < 4.78 is 6.07. The van der Waals surface area contributed by atoms with Gasteiger partial charge in [-0.25, -0.2) is 15.0 Å². The summed E-state index contributed by atoms with van der Waals surface area (Å²) in [6.07, 6.45) is 9.86. The van der Waals surface area contributed by atoms with Crippen molar-refractivity contribution in [3.05, 3.63) is 48.8 Å². The molecule has 2 fully saturated rings. The maximum atomic E-state index is 12.6. The Morgan fingerprint density at radius 2 is 1.90 bits per heavy atom. The van der Waals surface area contributed by atoms with Gasteiger partial charge in [-0.15, -0.1) is 0 Å². The summed E-state index contributed by atoms with van der Waals surface area (Å²) in [5.41, 5.74) is 2.37. The van der Waals surface area contributed by atoms with Gasteiger partial charge in [0.05, 0.1) is 17.1 Å². The van der Waals surface area contributed by atoms with Gasteiger partial charge in [0.1, 0.15) is 18.1 Å². The molecule has 2 aromatic heterocycles. The maximum Gasteiger partial charge on any atom is 0.274 e. The van der Waals surface area contributed by atoms with E-state index >= 15 is 0 Å². The van der Waals surface area contributed by atoms with E-state index in [-0.39, 0.29) is 12.0 Å². The van der Waals surface area contributed by atoms with Crippen molar-refractivity contribution >= 4 is 22.5 Å². The molecule has 1 aromatic carbocycles. The van der Waals surface area contributed by atoms with E-state index in [1.807, 2.05) is 11.0 Å². The Balaban J connectivity index is 1.31. The van der Waals surface area contributed by atoms with Gasteiger partial charge in [0.2, 0.25) is 5.88 Å². The van der Waals surface area contributed by atoms with Crippen LogP contribution in [0.4, 0.5) is 5.69 Å². The summed E-state index contributed by atoms with van der Waals surface area (Å²) >= 11 is 0. The first kappa shape index (κ1) is 17.8. The van der Waals surface area contributed by atoms with Gasteiger partial charge in [-0.3, -0.25) is 9.78 Å². The summed E-state index contributed by atoms with van der Waals surface area (Å²) in [7, 11) is 0. The van der Waals surface area contributed by atoms with Crippen molar-refractivity contribution in [2.24, 2.45) is 0 Å². The monoisotopic (exact) mass is 390 g/mol. The van der Waals surface area contributed by atoms with Crippen molar-refractivity contribution in [1.82, 2.24) is 24.8 Å². The molecule has 1 saturated carbocycles. The number of piperazine rings is 1. The second-order valence-electron chi connectivity index (χ2n) is 7.42. The molecule has 8 heteroatoms. The molecule has 3 heterocycles. The number of hydrogen-bond donors (Lipinski definition) is 0. The number of carbonyl (C=O) groups is 1. The first-order chi connectivity index (χ1) is 14.3. The summed E-state index contributed by atoms with van der Waals surface area (Å²) in [6, 6.07) is 6.18. The molecular weight excluding hydrogens is 368 g/mol. The summed E-state index contributed by atoms with van der Waals surface area (Å²) in [5.74, 6) is 0.596. The number of rotatable bonds is 4. The molecule has 1 aliphatic carbocycles. The highest BCUT2D eigenvalue weighted by atomic mass is 16.5. The molecule has 29 heavy (non-hydrogen) atoms. The predicted octanol–water partition coefficient (Wildman–Crippen LogP) is 2.31. The predicted molar refractivity (Wildman–Crippen MR) is 108 cm³/mol. The van der Waals surface area contributed by atoms with E-state index in [0.717, 1.165) is 42.5 Å². The third-order valence-electron chi connectivity index (χ3n) is 5.63. The lowest BCUT2D eigenvalue weighted by Crippen LogP contribution is -2.49. The lowest BCUT2D eigenvalue weighted by Gasteiger charge is -2.36. The zero-order chi connectivity index (χ0) is 19.6. The van der Waals surface area contributed by atoms with Crippen LogP contribution < -0.4 is 9.64 Å². The molecule has 1 amide bonds. The van der Waals surface area contributed by atoms with Crippen LogP contribution in [0.1, 0.15) is 29.8 Å². The van der Waals surface area contributed by atoms with Gasteiger partial charge in [0.25, 0.3) is 5.91 Å². The first-order valence-corrected chi connectivity index (χ1v) is 9.99. The smallest absolute Gasteiger partial charge is 0.274 e. The summed E-state index contributed by atoms with van der Waals surface area (Å²) in [5, 5.41) is 0.940. The fourth-order valence-corrected chi connectivity index (χ4v) is 3.70. The second kappa shape index (κ2) is 7.62. The molecule has 3 aromatic rings. The van der Waals surface area contributed by atoms with Crippen molar-refractivity contribution in [3.63, 3.8) is 0 Å². The van der Waals surface area contributed by atoms with Gasteiger partial charge in [0.15, 0.2) is 0 Å². The van der Waals surface area contributed by atoms with Crippen LogP contribution in [0.5, 0.6) is 5.88 Å². The fraction of sp³-hybridized carbons (Fsp3) is 0.381. The van der Waals surface area contributed by atoms with Crippen LogP contribution >= 0.6 is 0 Å². The minimum atomic E-state index is -0.0687. The molecule has 5 rings (SSSR count). The Morgan fingerprint density at radius 3 is 2.62 bits per heavy atom. The lowest BCUT2D eigenvalue weighted by molar-refractivity contribution is 0.0740. The van der Waals surface area contributed by atoms with E-state index in [1.54, 1.807) is 18.7 Å². The average molecular weight is 390 g/mol. The van der Waals surface area contributed by atoms with Crippen LogP contribution in [-0.2, 0) is 0 Å². The van der Waals surface area contributed by atoms with Gasteiger partial charge >= 0.3 is 0 Å². The molecule has 1 saturated heterocycles. The van der Waals surface area contributed by atoms with E-state index in [4.69, 9.17) is 4.74 Å². The van der Waals surface area contributed by atoms with Gasteiger partial charge in [-0.05, 0) is 37.5 Å². The van der Waals surface area contributed by atoms with Crippen LogP contribution in [-0.4, -0.2) is 63.0 Å². The summed E-state index contributed by atoms with van der Waals surface area (Å²) in [4.78, 5) is 33.5. The molecule has 0 bridgehead atoms. The zero-order valence-corrected chi connectivity index (χ0v) is 16.1. The van der Waals surface area contributed by atoms with Gasteiger partial charge in [0, 0.05) is 44.3 Å². The van der Waals surface area contributed by atoms with Gasteiger partial charge in [-0.2, -0.15) is 0 Å². The molecule has 0 radical (unpaired) electrons. The Morgan fingerprint density at radius 1 is 1.03 bits per heavy atom. The van der Waals surface area contributed by atoms with E-state index in [9.17, 15) is 4.79 Å². The minimum Gasteiger partial charge on any atom is -0.474 e. The van der Waals surface area contributed by atoms with Crippen LogP contribution in [0.15, 0.2) is 43.1 Å². The Hall–Kier alpha value is -3.29. The van der Waals surface area contributed by atoms with Gasteiger partial charge < -0.3 is 14.5 Å². The van der Waals surface area contributed by atoms with E-state index in [0.29, 0.717) is 24.7 Å². The van der Waals surface area contributed by atoms with E-state index in [2.05, 4.69) is 37.0 Å². The highest BCUT2D eigenvalue weighted by Crippen LogP contribution is 2.31. The highest BCUT2D eigenvalue weighted by molar-refractivity contribution is 5.92. The Kier molecular flexibility index (Phi) is 4.67. The summed E-state index contributed by atoms with van der Waals surface area (Å²) in [6.45, 7) is 2.79. The molecule has 148 valence electrons. The third-order valence-corrected chi connectivity index (χ3v) is 5.63. The maximum absolute atomic E-state index is 12.6. The number of amides is 1. The third kappa shape index (κ3) is 3.57. The first-order valence-electron chi connectivity index (χ1n) is 9.99. The quantitative estimate of drug-likeness (QED) is 0.676. The highest BCUT2D eigenvalue weighted by Gasteiger charge is 2.24. The Bertz CT molecular complexity index is 1020. The fourth-order valence-electron chi connectivity index (χ4n) is 3.70. The topological polar surface area (TPSA) is 84.3 Å². The van der Waals surface area contributed by atoms with Crippen molar-refractivity contribution in [3.8, 4) is 5.88 Å². The van der Waals surface area contributed by atoms with Crippen molar-refractivity contribution in [1.29, 1.82) is 0 Å². The SMILES string of the molecule is O=C(c1cnccn1)N1CCN(c2ccc3ncnc(OC4CCC4)c3c2)CC1. The van der Waals surface area contributed by atoms with Crippen molar-refractivity contribution < 1.29 is 9.53 Å². The molecule has 2 aliphatic rings.